The second kappa shape index (κ2) is 8.14. The van der Waals surface area contributed by atoms with E-state index in [2.05, 4.69) is 6.58 Å². The van der Waals surface area contributed by atoms with E-state index in [1.807, 2.05) is 0 Å². The molecule has 0 unspecified atom stereocenters. The zero-order chi connectivity index (χ0) is 15.8. The van der Waals surface area contributed by atoms with Gasteiger partial charge < -0.3 is 9.64 Å². The summed E-state index contributed by atoms with van der Waals surface area (Å²) >= 11 is 0. The molecule has 21 heavy (non-hydrogen) atoms. The molecule has 0 atom stereocenters. The summed E-state index contributed by atoms with van der Waals surface area (Å²) in [5.41, 5.74) is 0.330. The molecule has 0 radical (unpaired) electrons. The van der Waals surface area contributed by atoms with Crippen molar-refractivity contribution in [2.75, 3.05) is 19.7 Å². The highest BCUT2D eigenvalue weighted by Crippen LogP contribution is 2.10. The quantitative estimate of drug-likeness (QED) is 0.572. The van der Waals surface area contributed by atoms with E-state index in [-0.39, 0.29) is 26.1 Å². The maximum atomic E-state index is 13.1. The second-order valence-corrected chi connectivity index (χ2v) is 4.29. The van der Waals surface area contributed by atoms with Gasteiger partial charge in [0.25, 0.3) is 0 Å². The van der Waals surface area contributed by atoms with Crippen LogP contribution in [0.2, 0.25) is 0 Å². The summed E-state index contributed by atoms with van der Waals surface area (Å²) in [6.45, 7) is 5.36. The maximum Gasteiger partial charge on any atom is 0.325 e. The van der Waals surface area contributed by atoms with Gasteiger partial charge in [-0.1, -0.05) is 12.1 Å². The number of carbonyl (C=O) groups excluding carboxylic acids is 2. The number of amides is 1. The molecule has 4 nitrogen and oxygen atoms in total. The lowest BCUT2D eigenvalue weighted by Gasteiger charge is -2.20. The van der Waals surface area contributed by atoms with Gasteiger partial charge in [0, 0.05) is 6.54 Å². The largest absolute Gasteiger partial charge is 0.465 e. The van der Waals surface area contributed by atoms with Crippen molar-refractivity contribution < 1.29 is 23.1 Å². The van der Waals surface area contributed by atoms with Crippen LogP contribution in [0, 0.1) is 11.6 Å². The number of nitrogens with zero attached hydrogens (tertiary/aromatic N) is 1. The number of hydrogen-bond acceptors (Lipinski definition) is 3. The number of benzene rings is 1. The van der Waals surface area contributed by atoms with Gasteiger partial charge in [-0.2, -0.15) is 0 Å². The van der Waals surface area contributed by atoms with Gasteiger partial charge in [0.05, 0.1) is 13.0 Å². The van der Waals surface area contributed by atoms with E-state index in [4.69, 9.17) is 4.74 Å². The Hall–Kier alpha value is -2.24. The van der Waals surface area contributed by atoms with Crippen molar-refractivity contribution in [1.29, 1.82) is 0 Å². The minimum absolute atomic E-state index is 0.134. The third-order valence-corrected chi connectivity index (χ3v) is 2.67. The number of ether oxygens (including phenoxy) is 1. The molecule has 1 aromatic rings. The third kappa shape index (κ3) is 5.33. The predicted molar refractivity (Wildman–Crippen MR) is 73.5 cm³/mol. The molecule has 0 N–H and O–H groups in total. The molecule has 6 heteroatoms. The van der Waals surface area contributed by atoms with Crippen LogP contribution in [0.3, 0.4) is 0 Å². The highest BCUT2D eigenvalue weighted by molar-refractivity contribution is 5.83. The van der Waals surface area contributed by atoms with Crippen molar-refractivity contribution >= 4 is 11.9 Å². The van der Waals surface area contributed by atoms with Crippen LogP contribution >= 0.6 is 0 Å². The molecular weight excluding hydrogens is 280 g/mol. The van der Waals surface area contributed by atoms with Gasteiger partial charge in [0.1, 0.15) is 6.54 Å². The van der Waals surface area contributed by atoms with Crippen LogP contribution in [0.1, 0.15) is 12.5 Å². The van der Waals surface area contributed by atoms with Crippen molar-refractivity contribution in [3.05, 3.63) is 48.1 Å². The molecule has 1 aromatic carbocycles. The molecule has 0 aliphatic carbocycles. The van der Waals surface area contributed by atoms with Crippen molar-refractivity contribution in [2.24, 2.45) is 0 Å². The molecule has 1 rings (SSSR count). The average Bonchev–Trinajstić information content (AvgIpc) is 2.42. The van der Waals surface area contributed by atoms with Gasteiger partial charge in [-0.05, 0) is 24.6 Å². The van der Waals surface area contributed by atoms with Crippen LogP contribution < -0.4 is 0 Å². The Labute approximate surface area is 122 Å². The first-order chi connectivity index (χ1) is 9.97. The Morgan fingerprint density at radius 2 is 2.05 bits per heavy atom. The lowest BCUT2D eigenvalue weighted by atomic mass is 10.1. The topological polar surface area (TPSA) is 46.6 Å². The minimum Gasteiger partial charge on any atom is -0.465 e. The number of esters is 1. The third-order valence-electron chi connectivity index (χ3n) is 2.67. The van der Waals surface area contributed by atoms with E-state index in [1.54, 1.807) is 6.92 Å². The summed E-state index contributed by atoms with van der Waals surface area (Å²) in [5.74, 6) is -2.91. The summed E-state index contributed by atoms with van der Waals surface area (Å²) in [6, 6.07) is 3.25. The molecule has 0 aliphatic heterocycles. The normalized spacial score (nSPS) is 10.0. The molecule has 0 spiro atoms. The van der Waals surface area contributed by atoms with Crippen molar-refractivity contribution in [3.63, 3.8) is 0 Å². The smallest absolute Gasteiger partial charge is 0.325 e. The van der Waals surface area contributed by atoms with E-state index in [0.717, 1.165) is 12.1 Å². The zero-order valence-electron chi connectivity index (χ0n) is 11.8. The molecule has 0 saturated carbocycles. The van der Waals surface area contributed by atoms with Gasteiger partial charge in [0.15, 0.2) is 11.6 Å². The van der Waals surface area contributed by atoms with Crippen LogP contribution in [0.5, 0.6) is 0 Å². The fraction of sp³-hybridized carbons (Fsp3) is 0.333. The molecule has 0 fully saturated rings. The van der Waals surface area contributed by atoms with E-state index in [9.17, 15) is 18.4 Å². The van der Waals surface area contributed by atoms with E-state index < -0.39 is 23.5 Å². The first-order valence-electron chi connectivity index (χ1n) is 6.46. The Balaban J connectivity index is 2.73. The number of carbonyl (C=O) groups is 2. The molecule has 1 amide bonds. The van der Waals surface area contributed by atoms with Crippen LogP contribution in [-0.4, -0.2) is 36.5 Å². The van der Waals surface area contributed by atoms with Gasteiger partial charge >= 0.3 is 5.97 Å². The molecule has 114 valence electrons. The second-order valence-electron chi connectivity index (χ2n) is 4.29. The number of rotatable bonds is 7. The summed E-state index contributed by atoms with van der Waals surface area (Å²) in [7, 11) is 0. The maximum absolute atomic E-state index is 13.1. The standard InChI is InChI=1S/C15H17F2NO3/c1-3-7-18(10-15(20)21-4-2)14(19)9-11-5-6-12(16)13(17)8-11/h3,5-6,8H,1,4,7,9-10H2,2H3. The van der Waals surface area contributed by atoms with E-state index >= 15 is 0 Å². The fourth-order valence-electron chi connectivity index (χ4n) is 1.71. The number of hydrogen-bond donors (Lipinski definition) is 0. The van der Waals surface area contributed by atoms with Gasteiger partial charge in [0.2, 0.25) is 5.91 Å². The Bertz CT molecular complexity index is 532. The molecule has 0 bridgehead atoms. The number of halogens is 2. The van der Waals surface area contributed by atoms with E-state index in [0.29, 0.717) is 5.56 Å². The van der Waals surface area contributed by atoms with Crippen molar-refractivity contribution in [1.82, 2.24) is 4.90 Å². The van der Waals surface area contributed by atoms with Crippen LogP contribution in [0.25, 0.3) is 0 Å². The summed E-state index contributed by atoms with van der Waals surface area (Å²) in [6.07, 6.45) is 1.34. The lowest BCUT2D eigenvalue weighted by molar-refractivity contribution is -0.148. The fourth-order valence-corrected chi connectivity index (χ4v) is 1.71. The first kappa shape index (κ1) is 16.8. The van der Waals surface area contributed by atoms with Gasteiger partial charge in [-0.15, -0.1) is 6.58 Å². The Morgan fingerprint density at radius 3 is 2.62 bits per heavy atom. The SMILES string of the molecule is C=CCN(CC(=O)OCC)C(=O)Cc1ccc(F)c(F)c1. The molecule has 0 saturated heterocycles. The van der Waals surface area contributed by atoms with E-state index in [1.165, 1.54) is 17.0 Å². The van der Waals surface area contributed by atoms with Crippen LogP contribution in [0.15, 0.2) is 30.9 Å². The van der Waals surface area contributed by atoms with Crippen molar-refractivity contribution in [2.45, 2.75) is 13.3 Å². The van der Waals surface area contributed by atoms with Crippen molar-refractivity contribution in [3.8, 4) is 0 Å². The zero-order valence-corrected chi connectivity index (χ0v) is 11.8. The minimum atomic E-state index is -1.01. The highest BCUT2D eigenvalue weighted by atomic mass is 19.2. The molecule has 0 heterocycles. The average molecular weight is 297 g/mol. The van der Waals surface area contributed by atoms with Crippen LogP contribution in [-0.2, 0) is 20.7 Å². The lowest BCUT2D eigenvalue weighted by Crippen LogP contribution is -2.37. The Morgan fingerprint density at radius 1 is 1.33 bits per heavy atom. The first-order valence-corrected chi connectivity index (χ1v) is 6.46. The molecule has 0 aliphatic rings. The van der Waals surface area contributed by atoms with Gasteiger partial charge in [-0.25, -0.2) is 8.78 Å². The molecule has 0 aromatic heterocycles. The predicted octanol–water partition coefficient (Wildman–Crippen LogP) is 2.08. The summed E-state index contributed by atoms with van der Waals surface area (Å²) in [4.78, 5) is 24.8. The van der Waals surface area contributed by atoms with Crippen LogP contribution in [0.4, 0.5) is 8.78 Å². The highest BCUT2D eigenvalue weighted by Gasteiger charge is 2.17. The molecular formula is C15H17F2NO3. The monoisotopic (exact) mass is 297 g/mol. The Kier molecular flexibility index (Phi) is 6.52. The summed E-state index contributed by atoms with van der Waals surface area (Å²) < 4.78 is 30.7. The summed E-state index contributed by atoms with van der Waals surface area (Å²) in [5, 5.41) is 0. The van der Waals surface area contributed by atoms with Gasteiger partial charge in [-0.3, -0.25) is 9.59 Å².